The summed E-state index contributed by atoms with van der Waals surface area (Å²) in [4.78, 5) is 0. The van der Waals surface area contributed by atoms with Crippen molar-refractivity contribution in [3.05, 3.63) is 70.8 Å². The molecule has 0 amide bonds. The molecule has 207 valence electrons. The van der Waals surface area contributed by atoms with Gasteiger partial charge in [0.05, 0.1) is 10.8 Å². The van der Waals surface area contributed by atoms with E-state index in [1.807, 2.05) is 0 Å². The molecule has 2 aromatic heterocycles. The number of hydrogen-bond acceptors (Lipinski definition) is 2. The molecule has 0 N–H and O–H groups in total. The first-order valence-corrected chi connectivity index (χ1v) is 28.6. The predicted octanol–water partition coefficient (Wildman–Crippen LogP) is 9.55. The van der Waals surface area contributed by atoms with Crippen LogP contribution in [-0.2, 0) is 20.8 Å². The monoisotopic (exact) mass is 681 g/mol. The molecule has 1 radical (unpaired) electrons. The third kappa shape index (κ3) is 11.1. The Morgan fingerprint density at radius 1 is 0.658 bits per heavy atom. The van der Waals surface area contributed by atoms with Gasteiger partial charge in [-0.15, -0.1) is 34.4 Å². The van der Waals surface area contributed by atoms with Crippen LogP contribution in [-0.4, -0.2) is 25.7 Å². The summed E-state index contributed by atoms with van der Waals surface area (Å²) in [6.07, 6.45) is 0. The molecule has 8 heteroatoms. The Kier molecular flexibility index (Phi) is 14.9. The zero-order valence-corrected chi connectivity index (χ0v) is 32.4. The van der Waals surface area contributed by atoms with Crippen molar-refractivity contribution in [3.8, 4) is 22.6 Å². The molecule has 0 spiro atoms. The quantitative estimate of drug-likeness (QED) is 0.158. The van der Waals surface area contributed by atoms with E-state index in [0.29, 0.717) is 0 Å². The van der Waals surface area contributed by atoms with Crippen LogP contribution >= 0.6 is 17.0 Å². The van der Waals surface area contributed by atoms with Gasteiger partial charge in [-0.1, -0.05) is 92.2 Å². The molecule has 4 aromatic rings. The van der Waals surface area contributed by atoms with Crippen LogP contribution in [0.25, 0.3) is 22.6 Å². The third-order valence-corrected chi connectivity index (χ3v) is 9.49. The van der Waals surface area contributed by atoms with Gasteiger partial charge in [0.25, 0.3) is 0 Å². The fraction of sp³-hybridized carbons (Fsp3) is 0.400. The van der Waals surface area contributed by atoms with E-state index in [0.717, 1.165) is 21.0 Å². The van der Waals surface area contributed by atoms with E-state index in [1.54, 1.807) is 0 Å². The second kappa shape index (κ2) is 16.0. The molecule has 0 saturated heterocycles. The van der Waals surface area contributed by atoms with Crippen molar-refractivity contribution in [2.45, 2.75) is 80.1 Å². The molecule has 0 bridgehead atoms. The van der Waals surface area contributed by atoms with Gasteiger partial charge >= 0.3 is 37.9 Å². The summed E-state index contributed by atoms with van der Waals surface area (Å²) in [5.74, 6) is 2.02. The van der Waals surface area contributed by atoms with Crippen molar-refractivity contribution in [2.75, 3.05) is 0 Å². The van der Waals surface area contributed by atoms with E-state index in [9.17, 15) is 0 Å². The van der Waals surface area contributed by atoms with Gasteiger partial charge in [0.1, 0.15) is 16.1 Å². The first-order chi connectivity index (χ1) is 17.6. The van der Waals surface area contributed by atoms with Crippen molar-refractivity contribution in [3.63, 3.8) is 0 Å². The first-order valence-electron chi connectivity index (χ1n) is 13.0. The van der Waals surface area contributed by atoms with Crippen molar-refractivity contribution < 1.29 is 29.7 Å². The molecule has 2 aromatic carbocycles. The number of furan rings is 2. The maximum absolute atomic E-state index is 5.96. The summed E-state index contributed by atoms with van der Waals surface area (Å²) in [6.45, 7) is 26.8. The number of halogens is 2. The maximum atomic E-state index is 5.96. The zero-order valence-electron chi connectivity index (χ0n) is 25.3. The second-order valence-corrected chi connectivity index (χ2v) is 26.6. The molecule has 0 aliphatic carbocycles. The molecule has 2 nitrogen and oxygen atoms in total. The Morgan fingerprint density at radius 2 is 0.947 bits per heavy atom. The van der Waals surface area contributed by atoms with Gasteiger partial charge in [-0.2, -0.15) is 23.3 Å². The van der Waals surface area contributed by atoms with Crippen LogP contribution in [0.4, 0.5) is 0 Å². The van der Waals surface area contributed by atoms with E-state index >= 15 is 0 Å². The summed E-state index contributed by atoms with van der Waals surface area (Å²) >= 11 is -0.826. The van der Waals surface area contributed by atoms with Gasteiger partial charge in [-0.25, -0.2) is 0 Å². The molecule has 0 saturated carbocycles. The topological polar surface area (TPSA) is 26.3 Å². The van der Waals surface area contributed by atoms with E-state index in [4.69, 9.17) is 25.9 Å². The van der Waals surface area contributed by atoms with Gasteiger partial charge in [-0.3, -0.25) is 0 Å². The van der Waals surface area contributed by atoms with Crippen molar-refractivity contribution in [1.29, 1.82) is 0 Å². The molecular formula is C30H45Cl2O2Si3Zr. The van der Waals surface area contributed by atoms with Crippen molar-refractivity contribution >= 4 is 53.5 Å². The minimum atomic E-state index is -1.32. The van der Waals surface area contributed by atoms with Gasteiger partial charge in [0, 0.05) is 21.0 Å². The Bertz CT molecular complexity index is 1100. The third-order valence-electron chi connectivity index (χ3n) is 5.99. The Balaban J connectivity index is 0.000000315. The van der Waals surface area contributed by atoms with Gasteiger partial charge < -0.3 is 8.83 Å². The van der Waals surface area contributed by atoms with E-state index < -0.39 is 37.0 Å². The molecule has 0 aliphatic heterocycles. The SMILES string of the molecule is C[SiH]C.Cc1cc(-c2ccc([Si](C)(C)C)o2)[cH-]c1C.Cc1cc(-c2ccc([Si](C)(C)C)o2)[cH-]c1C.[Cl][Zr+2][Cl]. The molecule has 38 heavy (non-hydrogen) atoms. The number of hydrogen-bond donors (Lipinski definition) is 0. The average molecular weight is 684 g/mol. The average Bonchev–Trinajstić information content (AvgIpc) is 3.58. The standard InChI is InChI=1S/2C14H19OSi.C2H7Si.2ClH.Zr/c2*1-10-8-12(9-11(10)2)13-6-7-14(15-13)16(3,4)5;1-3-2;;;/h2*6-9H,1-5H3;3H,1-2H3;2*1H;/q2*-1;;;;+4/p-2. The van der Waals surface area contributed by atoms with Gasteiger partial charge in [0.2, 0.25) is 0 Å². The summed E-state index contributed by atoms with van der Waals surface area (Å²) in [5.41, 5.74) is 7.75. The zero-order chi connectivity index (χ0) is 29.3. The molecule has 0 fully saturated rings. The molecule has 2 heterocycles. The van der Waals surface area contributed by atoms with Gasteiger partial charge in [0.15, 0.2) is 0 Å². The Hall–Kier alpha value is -0.626. The molecule has 0 aliphatic rings. The number of rotatable bonds is 4. The van der Waals surface area contributed by atoms with Crippen LogP contribution in [0.3, 0.4) is 0 Å². The predicted molar refractivity (Wildman–Crippen MR) is 175 cm³/mol. The van der Waals surface area contributed by atoms with Crippen LogP contribution < -0.4 is 10.8 Å². The van der Waals surface area contributed by atoms with Crippen LogP contribution in [0.1, 0.15) is 22.3 Å². The first kappa shape index (κ1) is 35.4. The van der Waals surface area contributed by atoms with E-state index in [2.05, 4.69) is 129 Å². The Labute approximate surface area is 254 Å². The summed E-state index contributed by atoms with van der Waals surface area (Å²) in [6, 6.07) is 17.3. The molecular weight excluding hydrogens is 639 g/mol. The summed E-state index contributed by atoms with van der Waals surface area (Å²) in [7, 11) is 7.98. The fourth-order valence-corrected chi connectivity index (χ4v) is 5.55. The fourth-order valence-electron chi connectivity index (χ4n) is 3.55. The second-order valence-electron chi connectivity index (χ2n) is 11.7. The van der Waals surface area contributed by atoms with Gasteiger partial charge in [-0.05, 0) is 12.1 Å². The molecule has 0 unspecified atom stereocenters. The minimum absolute atomic E-state index is 0.750. The normalized spacial score (nSPS) is 10.9. The van der Waals surface area contributed by atoms with E-state index in [1.165, 1.54) is 44.1 Å². The molecule has 0 atom stereocenters. The van der Waals surface area contributed by atoms with Crippen LogP contribution in [0.2, 0.25) is 52.4 Å². The van der Waals surface area contributed by atoms with E-state index in [-0.39, 0.29) is 0 Å². The van der Waals surface area contributed by atoms with Crippen molar-refractivity contribution in [2.24, 2.45) is 0 Å². The molecule has 4 rings (SSSR count). The summed E-state index contributed by atoms with van der Waals surface area (Å²) in [5, 5.41) is 2.36. The Morgan fingerprint density at radius 3 is 1.13 bits per heavy atom. The van der Waals surface area contributed by atoms with Crippen LogP contribution in [0.15, 0.2) is 57.4 Å². The van der Waals surface area contributed by atoms with Crippen LogP contribution in [0.5, 0.6) is 0 Å². The van der Waals surface area contributed by atoms with Crippen LogP contribution in [0, 0.1) is 27.7 Å². The summed E-state index contributed by atoms with van der Waals surface area (Å²) < 4.78 is 11.9. The number of aryl methyl sites for hydroxylation is 4. The van der Waals surface area contributed by atoms with Crippen molar-refractivity contribution in [1.82, 2.24) is 0 Å².